The third kappa shape index (κ3) is 4.56. The number of hydrogen-bond donors (Lipinski definition) is 0. The van der Waals surface area contributed by atoms with Crippen LogP contribution in [0.1, 0.15) is 5.56 Å². The molecule has 1 heterocycles. The van der Waals surface area contributed by atoms with Crippen LogP contribution in [0, 0.1) is 12.3 Å². The van der Waals surface area contributed by atoms with Gasteiger partial charge >= 0.3 is 6.09 Å². The number of aliphatic imine (C=N–C) groups is 1. The van der Waals surface area contributed by atoms with Gasteiger partial charge in [0.15, 0.2) is 5.75 Å². The molecule has 3 rings (SSSR count). The van der Waals surface area contributed by atoms with Crippen molar-refractivity contribution in [1.29, 1.82) is 0 Å². The summed E-state index contributed by atoms with van der Waals surface area (Å²) in [4.78, 5) is 18.1. The molecule has 5 nitrogen and oxygen atoms in total. The molecular formula is C20H16Cl2N2O3S. The number of anilines is 1. The number of para-hydroxylation sites is 1. The zero-order chi connectivity index (χ0) is 20.1. The van der Waals surface area contributed by atoms with E-state index < -0.39 is 6.09 Å². The zero-order valence-corrected chi connectivity index (χ0v) is 17.3. The van der Waals surface area contributed by atoms with Crippen LogP contribution in [0.3, 0.4) is 0 Å². The van der Waals surface area contributed by atoms with Gasteiger partial charge in [-0.05, 0) is 23.8 Å². The van der Waals surface area contributed by atoms with E-state index in [2.05, 4.69) is 10.9 Å². The molecule has 28 heavy (non-hydrogen) atoms. The third-order valence-corrected chi connectivity index (χ3v) is 5.39. The maximum Gasteiger partial charge on any atom is 0.414 e. The topological polar surface area (TPSA) is 51.1 Å². The van der Waals surface area contributed by atoms with Crippen LogP contribution in [-0.4, -0.2) is 31.4 Å². The number of fused-ring (bicyclic) bond motifs is 1. The Hall–Kier alpha value is -2.33. The molecule has 0 bridgehead atoms. The molecule has 2 aromatic carbocycles. The van der Waals surface area contributed by atoms with Crippen LogP contribution in [-0.2, 0) is 10.5 Å². The second kappa shape index (κ2) is 9.24. The summed E-state index contributed by atoms with van der Waals surface area (Å²) in [5.41, 5.74) is 2.22. The molecule has 0 unspecified atom stereocenters. The number of methoxy groups -OCH3 is 1. The standard InChI is InChI=1S/C20H16Cl2N2O3S/c1-3-8-24(20(25)26-2)17-7-5-4-6-13(17)12-28-18-11-27-19-15(22)9-14(21)10-16(19)23-18/h1,4-7,9-10H,8,11-12H2,2H3. The van der Waals surface area contributed by atoms with Gasteiger partial charge < -0.3 is 9.47 Å². The van der Waals surface area contributed by atoms with Crippen LogP contribution in [0.2, 0.25) is 10.0 Å². The van der Waals surface area contributed by atoms with Gasteiger partial charge in [0.1, 0.15) is 17.3 Å². The van der Waals surface area contributed by atoms with Crippen molar-refractivity contribution in [2.75, 3.05) is 25.2 Å². The lowest BCUT2D eigenvalue weighted by atomic mass is 10.2. The normalized spacial score (nSPS) is 12.3. The van der Waals surface area contributed by atoms with E-state index in [0.29, 0.717) is 39.5 Å². The van der Waals surface area contributed by atoms with Crippen LogP contribution >= 0.6 is 35.0 Å². The number of halogens is 2. The van der Waals surface area contributed by atoms with E-state index in [0.717, 1.165) is 10.6 Å². The average Bonchev–Trinajstić information content (AvgIpc) is 2.70. The molecule has 1 aliphatic heterocycles. The number of benzene rings is 2. The van der Waals surface area contributed by atoms with E-state index >= 15 is 0 Å². The first kappa shape index (κ1) is 20.4. The van der Waals surface area contributed by atoms with Gasteiger partial charge in [-0.3, -0.25) is 4.90 Å². The predicted molar refractivity (Wildman–Crippen MR) is 115 cm³/mol. The van der Waals surface area contributed by atoms with Crippen LogP contribution in [0.5, 0.6) is 5.75 Å². The van der Waals surface area contributed by atoms with E-state index in [4.69, 9.17) is 39.1 Å². The first-order valence-corrected chi connectivity index (χ1v) is 9.96. The number of ether oxygens (including phenoxy) is 2. The molecule has 0 saturated heterocycles. The smallest absolute Gasteiger partial charge is 0.414 e. The Morgan fingerprint density at radius 3 is 2.93 bits per heavy atom. The summed E-state index contributed by atoms with van der Waals surface area (Å²) in [5.74, 6) is 3.58. The van der Waals surface area contributed by atoms with Crippen molar-refractivity contribution in [3.63, 3.8) is 0 Å². The molecule has 0 spiro atoms. The lowest BCUT2D eigenvalue weighted by Gasteiger charge is -2.22. The molecular weight excluding hydrogens is 419 g/mol. The minimum Gasteiger partial charge on any atom is -0.483 e. The predicted octanol–water partition coefficient (Wildman–Crippen LogP) is 5.56. The number of carbonyl (C=O) groups excluding carboxylic acids is 1. The molecule has 2 aromatic rings. The summed E-state index contributed by atoms with van der Waals surface area (Å²) in [5, 5.41) is 1.71. The SMILES string of the molecule is C#CCN(C(=O)OC)c1ccccc1CSC1=Nc2cc(Cl)cc(Cl)c2OC1. The van der Waals surface area contributed by atoms with Crippen LogP contribution in [0.15, 0.2) is 41.4 Å². The van der Waals surface area contributed by atoms with Crippen LogP contribution < -0.4 is 9.64 Å². The lowest BCUT2D eigenvalue weighted by molar-refractivity contribution is 0.179. The summed E-state index contributed by atoms with van der Waals surface area (Å²) < 4.78 is 10.6. The summed E-state index contributed by atoms with van der Waals surface area (Å²) in [6, 6.07) is 10.8. The summed E-state index contributed by atoms with van der Waals surface area (Å²) >= 11 is 13.7. The Balaban J connectivity index is 1.81. The minimum absolute atomic E-state index is 0.114. The molecule has 144 valence electrons. The van der Waals surface area contributed by atoms with E-state index in [1.807, 2.05) is 24.3 Å². The molecule has 0 aliphatic carbocycles. The largest absolute Gasteiger partial charge is 0.483 e. The van der Waals surface area contributed by atoms with Crippen molar-refractivity contribution >= 4 is 57.5 Å². The number of terminal acetylenes is 1. The Morgan fingerprint density at radius 1 is 1.39 bits per heavy atom. The summed E-state index contributed by atoms with van der Waals surface area (Å²) in [6.07, 6.45) is 4.90. The van der Waals surface area contributed by atoms with Crippen molar-refractivity contribution < 1.29 is 14.3 Å². The van der Waals surface area contributed by atoms with Gasteiger partial charge in [0, 0.05) is 10.8 Å². The van der Waals surface area contributed by atoms with Crippen molar-refractivity contribution in [2.24, 2.45) is 4.99 Å². The molecule has 0 fully saturated rings. The van der Waals surface area contributed by atoms with Gasteiger partial charge in [0.25, 0.3) is 0 Å². The van der Waals surface area contributed by atoms with Crippen molar-refractivity contribution in [1.82, 2.24) is 0 Å². The number of nitrogens with zero attached hydrogens (tertiary/aromatic N) is 2. The fraction of sp³-hybridized carbons (Fsp3) is 0.200. The molecule has 1 aliphatic rings. The number of thioether (sulfide) groups is 1. The molecule has 1 amide bonds. The monoisotopic (exact) mass is 434 g/mol. The Morgan fingerprint density at radius 2 is 2.18 bits per heavy atom. The number of carbonyl (C=O) groups is 1. The van der Waals surface area contributed by atoms with Gasteiger partial charge in [0.05, 0.1) is 24.4 Å². The maximum atomic E-state index is 12.1. The first-order chi connectivity index (χ1) is 13.5. The quantitative estimate of drug-likeness (QED) is 0.591. The second-order valence-electron chi connectivity index (χ2n) is 5.71. The van der Waals surface area contributed by atoms with Crippen LogP contribution in [0.4, 0.5) is 16.2 Å². The summed E-state index contributed by atoms with van der Waals surface area (Å²) in [6.45, 7) is 0.426. The Labute approximate surface area is 177 Å². The molecule has 0 aromatic heterocycles. The highest BCUT2D eigenvalue weighted by molar-refractivity contribution is 8.13. The van der Waals surface area contributed by atoms with Crippen molar-refractivity contribution in [3.8, 4) is 18.1 Å². The fourth-order valence-corrected chi connectivity index (χ4v) is 4.06. The van der Waals surface area contributed by atoms with Gasteiger partial charge in [-0.1, -0.05) is 47.3 Å². The maximum absolute atomic E-state index is 12.1. The highest BCUT2D eigenvalue weighted by Gasteiger charge is 2.20. The highest BCUT2D eigenvalue weighted by atomic mass is 35.5. The number of amides is 1. The van der Waals surface area contributed by atoms with Crippen LogP contribution in [0.25, 0.3) is 0 Å². The molecule has 0 radical (unpaired) electrons. The molecule has 8 heteroatoms. The fourth-order valence-electron chi connectivity index (χ4n) is 2.65. The van der Waals surface area contributed by atoms with E-state index in [1.165, 1.54) is 23.8 Å². The highest BCUT2D eigenvalue weighted by Crippen LogP contribution is 2.41. The Kier molecular flexibility index (Phi) is 6.74. The summed E-state index contributed by atoms with van der Waals surface area (Å²) in [7, 11) is 1.32. The second-order valence-corrected chi connectivity index (χ2v) is 7.60. The van der Waals surface area contributed by atoms with E-state index in [9.17, 15) is 4.79 Å². The van der Waals surface area contributed by atoms with Gasteiger partial charge in [-0.15, -0.1) is 18.2 Å². The van der Waals surface area contributed by atoms with Gasteiger partial charge in [-0.2, -0.15) is 0 Å². The van der Waals surface area contributed by atoms with Gasteiger partial charge in [-0.25, -0.2) is 9.79 Å². The molecule has 0 atom stereocenters. The third-order valence-electron chi connectivity index (χ3n) is 3.90. The minimum atomic E-state index is -0.507. The molecule has 0 saturated carbocycles. The Bertz CT molecular complexity index is 972. The molecule has 0 N–H and O–H groups in total. The zero-order valence-electron chi connectivity index (χ0n) is 14.9. The number of rotatable bonds is 4. The van der Waals surface area contributed by atoms with Crippen molar-refractivity contribution in [3.05, 3.63) is 52.0 Å². The first-order valence-electron chi connectivity index (χ1n) is 8.22. The van der Waals surface area contributed by atoms with E-state index in [-0.39, 0.29) is 6.54 Å². The van der Waals surface area contributed by atoms with Crippen molar-refractivity contribution in [2.45, 2.75) is 5.75 Å². The van der Waals surface area contributed by atoms with Gasteiger partial charge in [0.2, 0.25) is 0 Å². The number of hydrogen-bond acceptors (Lipinski definition) is 5. The average molecular weight is 435 g/mol. The van der Waals surface area contributed by atoms with E-state index in [1.54, 1.807) is 12.1 Å². The lowest BCUT2D eigenvalue weighted by Crippen LogP contribution is -2.31.